The standard InChI is InChI=1S/C16H21FN2/c1-3-10-19-11-6-7-14(19)12-18-13(2)15-8-4-5-9-16(15)17/h4-9,11,13,18H,3,10,12H2,1-2H3/t13-/m1/s1. The third-order valence-electron chi connectivity index (χ3n) is 3.35. The zero-order chi connectivity index (χ0) is 13.7. The zero-order valence-electron chi connectivity index (χ0n) is 11.6. The first-order valence-electron chi connectivity index (χ1n) is 6.84. The van der Waals surface area contributed by atoms with Crippen molar-refractivity contribution in [3.05, 3.63) is 59.7 Å². The molecule has 2 rings (SSSR count). The average Bonchev–Trinajstić information content (AvgIpc) is 2.84. The Bertz CT molecular complexity index is 519. The van der Waals surface area contributed by atoms with Crippen LogP contribution in [-0.2, 0) is 13.1 Å². The van der Waals surface area contributed by atoms with Gasteiger partial charge in [-0.05, 0) is 31.5 Å². The number of hydrogen-bond acceptors (Lipinski definition) is 1. The summed E-state index contributed by atoms with van der Waals surface area (Å²) in [6, 6.07) is 11.1. The number of halogens is 1. The lowest BCUT2D eigenvalue weighted by atomic mass is 10.1. The number of rotatable bonds is 6. The quantitative estimate of drug-likeness (QED) is 0.834. The maximum atomic E-state index is 13.7. The predicted octanol–water partition coefficient (Wildman–Crippen LogP) is 3.89. The summed E-state index contributed by atoms with van der Waals surface area (Å²) in [6.45, 7) is 5.94. The van der Waals surface area contributed by atoms with Crippen molar-refractivity contribution < 1.29 is 4.39 Å². The van der Waals surface area contributed by atoms with Crippen LogP contribution < -0.4 is 5.32 Å². The summed E-state index contributed by atoms with van der Waals surface area (Å²) in [5.41, 5.74) is 1.96. The van der Waals surface area contributed by atoms with Gasteiger partial charge in [0.15, 0.2) is 0 Å². The summed E-state index contributed by atoms with van der Waals surface area (Å²) in [5.74, 6) is -0.147. The maximum Gasteiger partial charge on any atom is 0.127 e. The minimum Gasteiger partial charge on any atom is -0.350 e. The van der Waals surface area contributed by atoms with Crippen molar-refractivity contribution in [3.8, 4) is 0 Å². The van der Waals surface area contributed by atoms with Crippen LogP contribution in [0.25, 0.3) is 0 Å². The fourth-order valence-corrected chi connectivity index (χ4v) is 2.26. The first-order chi connectivity index (χ1) is 9.22. The van der Waals surface area contributed by atoms with E-state index in [0.29, 0.717) is 0 Å². The highest BCUT2D eigenvalue weighted by molar-refractivity contribution is 5.20. The lowest BCUT2D eigenvalue weighted by molar-refractivity contribution is 0.512. The van der Waals surface area contributed by atoms with E-state index in [4.69, 9.17) is 0 Å². The molecule has 1 N–H and O–H groups in total. The molecule has 0 radical (unpaired) electrons. The third-order valence-corrected chi connectivity index (χ3v) is 3.35. The summed E-state index contributed by atoms with van der Waals surface area (Å²) in [4.78, 5) is 0. The lowest BCUT2D eigenvalue weighted by Gasteiger charge is -2.16. The third kappa shape index (κ3) is 3.44. The van der Waals surface area contributed by atoms with Crippen LogP contribution in [0.5, 0.6) is 0 Å². The molecule has 0 saturated heterocycles. The minimum absolute atomic E-state index is 0.00572. The largest absolute Gasteiger partial charge is 0.350 e. The molecule has 0 saturated carbocycles. The van der Waals surface area contributed by atoms with Gasteiger partial charge in [-0.1, -0.05) is 25.1 Å². The Hall–Kier alpha value is -1.61. The summed E-state index contributed by atoms with van der Waals surface area (Å²) >= 11 is 0. The van der Waals surface area contributed by atoms with Gasteiger partial charge in [-0.25, -0.2) is 4.39 Å². The first kappa shape index (κ1) is 13.8. The number of hydrogen-bond donors (Lipinski definition) is 1. The summed E-state index contributed by atoms with van der Waals surface area (Å²) in [6.07, 6.45) is 3.21. The number of nitrogens with zero attached hydrogens (tertiary/aromatic N) is 1. The number of nitrogens with one attached hydrogen (secondary N) is 1. The normalized spacial score (nSPS) is 12.6. The Balaban J connectivity index is 1.98. The van der Waals surface area contributed by atoms with Gasteiger partial charge in [-0.3, -0.25) is 0 Å². The fraction of sp³-hybridized carbons (Fsp3) is 0.375. The Morgan fingerprint density at radius 3 is 2.74 bits per heavy atom. The molecule has 0 aliphatic carbocycles. The molecular formula is C16H21FN2. The van der Waals surface area contributed by atoms with E-state index in [9.17, 15) is 4.39 Å². The van der Waals surface area contributed by atoms with E-state index in [1.807, 2.05) is 19.1 Å². The van der Waals surface area contributed by atoms with Gasteiger partial charge in [0.25, 0.3) is 0 Å². The SMILES string of the molecule is CCCn1cccc1CN[C@H](C)c1ccccc1F. The Kier molecular flexibility index (Phi) is 4.74. The fourth-order valence-electron chi connectivity index (χ4n) is 2.26. The molecule has 2 nitrogen and oxygen atoms in total. The van der Waals surface area contributed by atoms with E-state index >= 15 is 0 Å². The summed E-state index contributed by atoms with van der Waals surface area (Å²) in [5, 5.41) is 3.38. The monoisotopic (exact) mass is 260 g/mol. The Labute approximate surface area is 114 Å². The summed E-state index contributed by atoms with van der Waals surface area (Å²) < 4.78 is 15.9. The van der Waals surface area contributed by atoms with Crippen molar-refractivity contribution in [3.63, 3.8) is 0 Å². The van der Waals surface area contributed by atoms with E-state index in [1.165, 1.54) is 11.8 Å². The van der Waals surface area contributed by atoms with Crippen LogP contribution in [0.4, 0.5) is 4.39 Å². The molecule has 2 aromatic rings. The van der Waals surface area contributed by atoms with Gasteiger partial charge in [-0.15, -0.1) is 0 Å². The van der Waals surface area contributed by atoms with E-state index in [2.05, 4.69) is 35.1 Å². The van der Waals surface area contributed by atoms with Gasteiger partial charge < -0.3 is 9.88 Å². The Morgan fingerprint density at radius 1 is 1.21 bits per heavy atom. The van der Waals surface area contributed by atoms with Crippen LogP contribution in [0.3, 0.4) is 0 Å². The molecule has 0 fully saturated rings. The highest BCUT2D eigenvalue weighted by Crippen LogP contribution is 2.16. The van der Waals surface area contributed by atoms with Crippen LogP contribution in [-0.4, -0.2) is 4.57 Å². The first-order valence-corrected chi connectivity index (χ1v) is 6.84. The van der Waals surface area contributed by atoms with E-state index in [-0.39, 0.29) is 11.9 Å². The van der Waals surface area contributed by atoms with E-state index < -0.39 is 0 Å². The van der Waals surface area contributed by atoms with Gasteiger partial charge in [-0.2, -0.15) is 0 Å². The molecule has 0 aliphatic heterocycles. The van der Waals surface area contributed by atoms with Crippen molar-refractivity contribution in [2.75, 3.05) is 0 Å². The van der Waals surface area contributed by atoms with Crippen LogP contribution >= 0.6 is 0 Å². The van der Waals surface area contributed by atoms with Gasteiger partial charge in [0, 0.05) is 36.6 Å². The number of benzene rings is 1. The molecule has 1 heterocycles. The van der Waals surface area contributed by atoms with E-state index in [0.717, 1.165) is 25.1 Å². The maximum absolute atomic E-state index is 13.7. The predicted molar refractivity (Wildman–Crippen MR) is 76.4 cm³/mol. The van der Waals surface area contributed by atoms with Gasteiger partial charge in [0.1, 0.15) is 5.82 Å². The van der Waals surface area contributed by atoms with Crippen molar-refractivity contribution in [2.24, 2.45) is 0 Å². The highest BCUT2D eigenvalue weighted by atomic mass is 19.1. The topological polar surface area (TPSA) is 17.0 Å². The van der Waals surface area contributed by atoms with Crippen LogP contribution in [0.2, 0.25) is 0 Å². The smallest absolute Gasteiger partial charge is 0.127 e. The van der Waals surface area contributed by atoms with Crippen LogP contribution in [0.1, 0.15) is 37.6 Å². The van der Waals surface area contributed by atoms with Crippen LogP contribution in [0.15, 0.2) is 42.6 Å². The molecule has 0 unspecified atom stereocenters. The lowest BCUT2D eigenvalue weighted by Crippen LogP contribution is -2.20. The number of aryl methyl sites for hydroxylation is 1. The second-order valence-corrected chi connectivity index (χ2v) is 4.82. The molecule has 0 bridgehead atoms. The molecule has 0 aliphatic rings. The van der Waals surface area contributed by atoms with E-state index in [1.54, 1.807) is 6.07 Å². The van der Waals surface area contributed by atoms with Crippen LogP contribution in [0, 0.1) is 5.82 Å². The van der Waals surface area contributed by atoms with Gasteiger partial charge >= 0.3 is 0 Å². The van der Waals surface area contributed by atoms with Crippen molar-refractivity contribution in [2.45, 2.75) is 39.4 Å². The average molecular weight is 260 g/mol. The molecule has 1 aromatic heterocycles. The van der Waals surface area contributed by atoms with Crippen molar-refractivity contribution in [1.82, 2.24) is 9.88 Å². The second kappa shape index (κ2) is 6.53. The Morgan fingerprint density at radius 2 is 2.00 bits per heavy atom. The summed E-state index contributed by atoms with van der Waals surface area (Å²) in [7, 11) is 0. The molecular weight excluding hydrogens is 239 g/mol. The molecule has 102 valence electrons. The van der Waals surface area contributed by atoms with Crippen molar-refractivity contribution in [1.29, 1.82) is 0 Å². The molecule has 1 atom stereocenters. The molecule has 19 heavy (non-hydrogen) atoms. The van der Waals surface area contributed by atoms with Gasteiger partial charge in [0.05, 0.1) is 0 Å². The molecule has 1 aromatic carbocycles. The zero-order valence-corrected chi connectivity index (χ0v) is 11.6. The minimum atomic E-state index is -0.147. The van der Waals surface area contributed by atoms with Gasteiger partial charge in [0.2, 0.25) is 0 Å². The second-order valence-electron chi connectivity index (χ2n) is 4.82. The van der Waals surface area contributed by atoms with Crippen molar-refractivity contribution >= 4 is 0 Å². The molecule has 0 spiro atoms. The molecule has 0 amide bonds. The molecule has 3 heteroatoms. The highest BCUT2D eigenvalue weighted by Gasteiger charge is 2.10. The number of aromatic nitrogens is 1.